The van der Waals surface area contributed by atoms with Crippen molar-refractivity contribution >= 4 is 22.1 Å². The van der Waals surface area contributed by atoms with E-state index in [1.807, 2.05) is 35.8 Å². The maximum atomic E-state index is 12.1. The zero-order valence-corrected chi connectivity index (χ0v) is 11.7. The largest absolute Gasteiger partial charge is 0.496 e. The Bertz CT molecular complexity index is 823. The number of rotatable bonds is 3. The van der Waals surface area contributed by atoms with Crippen molar-refractivity contribution < 1.29 is 4.74 Å². The molecule has 0 radical (unpaired) electrons. The van der Waals surface area contributed by atoms with E-state index in [-0.39, 0.29) is 5.56 Å². The van der Waals surface area contributed by atoms with Crippen LogP contribution in [-0.4, -0.2) is 16.5 Å². The SMILES string of the molecule is COc1ccccc1Cc1c(N)n2ccsc2nc1=O. The van der Waals surface area contributed by atoms with Crippen LogP contribution in [0.4, 0.5) is 5.82 Å². The van der Waals surface area contributed by atoms with E-state index >= 15 is 0 Å². The fraction of sp³-hybridized carbons (Fsp3) is 0.143. The summed E-state index contributed by atoms with van der Waals surface area (Å²) < 4.78 is 7.03. The van der Waals surface area contributed by atoms with Gasteiger partial charge in [0.15, 0.2) is 4.96 Å². The first-order chi connectivity index (χ1) is 9.70. The highest BCUT2D eigenvalue weighted by molar-refractivity contribution is 7.15. The topological polar surface area (TPSA) is 69.6 Å². The van der Waals surface area contributed by atoms with Crippen LogP contribution in [0.2, 0.25) is 0 Å². The summed E-state index contributed by atoms with van der Waals surface area (Å²) in [7, 11) is 1.61. The second-order valence-electron chi connectivity index (χ2n) is 4.32. The zero-order valence-electron chi connectivity index (χ0n) is 10.9. The zero-order chi connectivity index (χ0) is 14.1. The highest BCUT2D eigenvalue weighted by Crippen LogP contribution is 2.22. The molecule has 0 saturated carbocycles. The van der Waals surface area contributed by atoms with E-state index in [9.17, 15) is 4.79 Å². The monoisotopic (exact) mass is 287 g/mol. The molecule has 20 heavy (non-hydrogen) atoms. The van der Waals surface area contributed by atoms with Gasteiger partial charge in [0.1, 0.15) is 11.6 Å². The summed E-state index contributed by atoms with van der Waals surface area (Å²) in [6.07, 6.45) is 2.22. The van der Waals surface area contributed by atoms with Crippen LogP contribution in [0.15, 0.2) is 40.6 Å². The van der Waals surface area contributed by atoms with Crippen molar-refractivity contribution in [2.24, 2.45) is 0 Å². The number of para-hydroxylation sites is 1. The molecule has 5 nitrogen and oxygen atoms in total. The van der Waals surface area contributed by atoms with Gasteiger partial charge in [-0.3, -0.25) is 9.20 Å². The Balaban J connectivity index is 2.13. The Labute approximate surface area is 119 Å². The molecule has 0 aliphatic heterocycles. The molecule has 0 bridgehead atoms. The van der Waals surface area contributed by atoms with Gasteiger partial charge < -0.3 is 10.5 Å². The Kier molecular flexibility index (Phi) is 3.15. The Morgan fingerprint density at radius 1 is 1.40 bits per heavy atom. The quantitative estimate of drug-likeness (QED) is 0.799. The first-order valence-corrected chi connectivity index (χ1v) is 6.95. The lowest BCUT2D eigenvalue weighted by atomic mass is 10.1. The molecule has 3 rings (SSSR count). The molecule has 3 aromatic rings. The minimum absolute atomic E-state index is 0.282. The van der Waals surface area contributed by atoms with Gasteiger partial charge in [0, 0.05) is 18.0 Å². The van der Waals surface area contributed by atoms with Crippen LogP contribution >= 0.6 is 11.3 Å². The van der Waals surface area contributed by atoms with Crippen molar-refractivity contribution in [1.29, 1.82) is 0 Å². The van der Waals surface area contributed by atoms with Gasteiger partial charge >= 0.3 is 0 Å². The van der Waals surface area contributed by atoms with Crippen molar-refractivity contribution in [2.45, 2.75) is 6.42 Å². The maximum absolute atomic E-state index is 12.1. The molecule has 1 aromatic carbocycles. The molecule has 0 aliphatic carbocycles. The molecule has 0 fully saturated rings. The minimum Gasteiger partial charge on any atom is -0.496 e. The lowest BCUT2D eigenvalue weighted by molar-refractivity contribution is 0.410. The molecule has 0 unspecified atom stereocenters. The summed E-state index contributed by atoms with van der Waals surface area (Å²) in [5.41, 5.74) is 7.21. The second kappa shape index (κ2) is 4.97. The number of ether oxygens (including phenoxy) is 1. The maximum Gasteiger partial charge on any atom is 0.279 e. The molecule has 0 atom stereocenters. The summed E-state index contributed by atoms with van der Waals surface area (Å²) in [5, 5.41) is 1.85. The van der Waals surface area contributed by atoms with E-state index < -0.39 is 0 Å². The predicted octanol–water partition coefficient (Wildman–Crippen LogP) is 1.94. The molecule has 2 aromatic heterocycles. The lowest BCUT2D eigenvalue weighted by Gasteiger charge is -2.10. The van der Waals surface area contributed by atoms with Gasteiger partial charge in [-0.25, -0.2) is 0 Å². The number of nitrogen functional groups attached to an aromatic ring is 1. The van der Waals surface area contributed by atoms with Gasteiger partial charge in [-0.15, -0.1) is 11.3 Å². The van der Waals surface area contributed by atoms with Crippen molar-refractivity contribution in [3.63, 3.8) is 0 Å². The molecular formula is C14H13N3O2S. The minimum atomic E-state index is -0.282. The third kappa shape index (κ3) is 2.04. The number of thiazole rings is 1. The highest BCUT2D eigenvalue weighted by Gasteiger charge is 2.13. The normalized spacial score (nSPS) is 10.8. The number of hydrogen-bond donors (Lipinski definition) is 1. The summed E-state index contributed by atoms with van der Waals surface area (Å²) in [6, 6.07) is 7.57. The fourth-order valence-corrected chi connectivity index (χ4v) is 2.86. The van der Waals surface area contributed by atoms with Gasteiger partial charge in [-0.1, -0.05) is 18.2 Å². The van der Waals surface area contributed by atoms with Gasteiger partial charge in [0.2, 0.25) is 0 Å². The van der Waals surface area contributed by atoms with Crippen LogP contribution in [0.1, 0.15) is 11.1 Å². The molecule has 0 spiro atoms. The van der Waals surface area contributed by atoms with Crippen molar-refractivity contribution in [2.75, 3.05) is 12.8 Å². The third-order valence-electron chi connectivity index (χ3n) is 3.17. The molecule has 2 heterocycles. The fourth-order valence-electron chi connectivity index (χ4n) is 2.15. The van der Waals surface area contributed by atoms with E-state index in [0.29, 0.717) is 22.8 Å². The van der Waals surface area contributed by atoms with Crippen LogP contribution in [-0.2, 0) is 6.42 Å². The molecular weight excluding hydrogens is 274 g/mol. The summed E-state index contributed by atoms with van der Waals surface area (Å²) in [6.45, 7) is 0. The van der Waals surface area contributed by atoms with E-state index in [1.165, 1.54) is 11.3 Å². The Morgan fingerprint density at radius 3 is 3.00 bits per heavy atom. The number of aromatic nitrogens is 2. The molecule has 0 aliphatic rings. The van der Waals surface area contributed by atoms with Crippen LogP contribution in [0.25, 0.3) is 4.96 Å². The number of nitrogens with zero attached hydrogens (tertiary/aromatic N) is 2. The molecule has 2 N–H and O–H groups in total. The third-order valence-corrected chi connectivity index (χ3v) is 3.93. The molecule has 102 valence electrons. The molecule has 6 heteroatoms. The summed E-state index contributed by atoms with van der Waals surface area (Å²) in [5.74, 6) is 1.17. The number of methoxy groups -OCH3 is 1. The van der Waals surface area contributed by atoms with E-state index in [0.717, 1.165) is 11.3 Å². The van der Waals surface area contributed by atoms with Crippen molar-refractivity contribution in [1.82, 2.24) is 9.38 Å². The van der Waals surface area contributed by atoms with Crippen LogP contribution in [0, 0.1) is 0 Å². The summed E-state index contributed by atoms with van der Waals surface area (Å²) >= 11 is 1.39. The summed E-state index contributed by atoms with van der Waals surface area (Å²) in [4.78, 5) is 16.8. The molecule has 0 amide bonds. The number of benzene rings is 1. The van der Waals surface area contributed by atoms with E-state index in [4.69, 9.17) is 10.5 Å². The Hall–Kier alpha value is -2.34. The first kappa shape index (κ1) is 12.7. The number of fused-ring (bicyclic) bond motifs is 1. The smallest absolute Gasteiger partial charge is 0.279 e. The van der Waals surface area contributed by atoms with Gasteiger partial charge in [-0.05, 0) is 11.6 Å². The average molecular weight is 287 g/mol. The van der Waals surface area contributed by atoms with Crippen LogP contribution < -0.4 is 16.0 Å². The van der Waals surface area contributed by atoms with Crippen molar-refractivity contribution in [3.8, 4) is 5.75 Å². The number of nitrogens with two attached hydrogens (primary N) is 1. The Morgan fingerprint density at radius 2 is 2.20 bits per heavy atom. The van der Waals surface area contributed by atoms with Gasteiger partial charge in [-0.2, -0.15) is 4.98 Å². The molecule has 0 saturated heterocycles. The number of hydrogen-bond acceptors (Lipinski definition) is 5. The van der Waals surface area contributed by atoms with Crippen LogP contribution in [0.5, 0.6) is 5.75 Å². The van der Waals surface area contributed by atoms with E-state index in [1.54, 1.807) is 11.5 Å². The van der Waals surface area contributed by atoms with Crippen LogP contribution in [0.3, 0.4) is 0 Å². The highest BCUT2D eigenvalue weighted by atomic mass is 32.1. The average Bonchev–Trinajstić information content (AvgIpc) is 2.92. The predicted molar refractivity (Wildman–Crippen MR) is 79.6 cm³/mol. The second-order valence-corrected chi connectivity index (χ2v) is 5.20. The van der Waals surface area contributed by atoms with Crippen molar-refractivity contribution in [3.05, 3.63) is 57.3 Å². The number of anilines is 1. The lowest BCUT2D eigenvalue weighted by Crippen LogP contribution is -2.19. The van der Waals surface area contributed by atoms with Gasteiger partial charge in [0.25, 0.3) is 5.56 Å². The first-order valence-electron chi connectivity index (χ1n) is 6.07. The standard InChI is InChI=1S/C14H13N3O2S/c1-19-11-5-3-2-4-9(11)8-10-12(15)17-6-7-20-14(17)16-13(10)18/h2-7H,8,15H2,1H3. The van der Waals surface area contributed by atoms with Gasteiger partial charge in [0.05, 0.1) is 12.7 Å². The van der Waals surface area contributed by atoms with E-state index in [2.05, 4.69) is 4.98 Å².